The van der Waals surface area contributed by atoms with Crippen LogP contribution in [0.3, 0.4) is 0 Å². The first-order valence-electron chi connectivity index (χ1n) is 11.7. The van der Waals surface area contributed by atoms with Crippen molar-refractivity contribution in [2.24, 2.45) is 7.05 Å². The van der Waals surface area contributed by atoms with E-state index in [1.54, 1.807) is 49.6 Å². The Bertz CT molecular complexity index is 1520. The molecule has 8 heteroatoms. The van der Waals surface area contributed by atoms with Crippen LogP contribution in [0.4, 0.5) is 0 Å². The minimum Gasteiger partial charge on any atom is -0.493 e. The molecule has 0 fully saturated rings. The smallest absolute Gasteiger partial charge is 0.203 e. The number of ether oxygens (including phenoxy) is 5. The summed E-state index contributed by atoms with van der Waals surface area (Å²) in [6.45, 7) is 0. The maximum Gasteiger partial charge on any atom is 0.203 e. The van der Waals surface area contributed by atoms with E-state index in [0.717, 1.165) is 16.5 Å². The SMILES string of the molecule is COc1ccc(C(=O)/C=C/c2cn(C)c3ccc(C(=O)c4cc(OC)c(OC)c(OC)c4)cc23)cc1OC. The molecule has 0 aliphatic heterocycles. The third-order valence-corrected chi connectivity index (χ3v) is 6.29. The van der Waals surface area contributed by atoms with Crippen LogP contribution >= 0.6 is 0 Å². The van der Waals surface area contributed by atoms with Gasteiger partial charge >= 0.3 is 0 Å². The summed E-state index contributed by atoms with van der Waals surface area (Å²) in [7, 11) is 9.50. The van der Waals surface area contributed by atoms with Gasteiger partial charge in [-0.15, -0.1) is 0 Å². The predicted molar refractivity (Wildman–Crippen MR) is 145 cm³/mol. The summed E-state index contributed by atoms with van der Waals surface area (Å²) < 4.78 is 28.7. The van der Waals surface area contributed by atoms with Gasteiger partial charge in [0.2, 0.25) is 5.75 Å². The Labute approximate surface area is 220 Å². The molecule has 0 aliphatic rings. The van der Waals surface area contributed by atoms with Gasteiger partial charge in [0.05, 0.1) is 35.5 Å². The summed E-state index contributed by atoms with van der Waals surface area (Å²) >= 11 is 0. The molecule has 38 heavy (non-hydrogen) atoms. The average Bonchev–Trinajstić information content (AvgIpc) is 3.28. The van der Waals surface area contributed by atoms with Gasteiger partial charge < -0.3 is 28.3 Å². The largest absolute Gasteiger partial charge is 0.493 e. The van der Waals surface area contributed by atoms with Crippen molar-refractivity contribution in [2.45, 2.75) is 0 Å². The van der Waals surface area contributed by atoms with Gasteiger partial charge in [0.15, 0.2) is 34.6 Å². The number of carbonyl (C=O) groups is 2. The van der Waals surface area contributed by atoms with E-state index < -0.39 is 0 Å². The van der Waals surface area contributed by atoms with Crippen LogP contribution in [-0.4, -0.2) is 51.7 Å². The lowest BCUT2D eigenvalue weighted by atomic mass is 10.00. The van der Waals surface area contributed by atoms with E-state index in [4.69, 9.17) is 23.7 Å². The molecule has 0 unspecified atom stereocenters. The second-order valence-electron chi connectivity index (χ2n) is 8.44. The Balaban J connectivity index is 1.69. The van der Waals surface area contributed by atoms with E-state index in [0.29, 0.717) is 45.4 Å². The number of hydrogen-bond donors (Lipinski definition) is 0. The zero-order valence-corrected chi connectivity index (χ0v) is 22.2. The molecule has 1 heterocycles. The number of aromatic nitrogens is 1. The van der Waals surface area contributed by atoms with Crippen LogP contribution in [0.25, 0.3) is 17.0 Å². The van der Waals surface area contributed by atoms with E-state index in [2.05, 4.69) is 0 Å². The summed E-state index contributed by atoms with van der Waals surface area (Å²) in [6.07, 6.45) is 5.16. The zero-order valence-electron chi connectivity index (χ0n) is 22.2. The number of rotatable bonds is 10. The van der Waals surface area contributed by atoms with Crippen LogP contribution in [0.15, 0.2) is 60.8 Å². The fourth-order valence-electron chi connectivity index (χ4n) is 4.33. The second-order valence-corrected chi connectivity index (χ2v) is 8.44. The number of fused-ring (bicyclic) bond motifs is 1. The minimum absolute atomic E-state index is 0.187. The Morgan fingerprint density at radius 2 is 1.29 bits per heavy atom. The summed E-state index contributed by atoms with van der Waals surface area (Å²) in [6, 6.07) is 13.8. The lowest BCUT2D eigenvalue weighted by Gasteiger charge is -2.13. The van der Waals surface area contributed by atoms with Gasteiger partial charge in [0, 0.05) is 46.4 Å². The van der Waals surface area contributed by atoms with Crippen LogP contribution in [0.1, 0.15) is 31.8 Å². The highest BCUT2D eigenvalue weighted by Gasteiger charge is 2.19. The first-order valence-corrected chi connectivity index (χ1v) is 11.7. The summed E-state index contributed by atoms with van der Waals surface area (Å²) in [5, 5.41) is 0.835. The standard InChI is InChI=1S/C30H29NO7/c1-31-17-20(8-11-24(32)18-9-12-25(34-2)26(14-18)35-3)22-13-19(7-10-23(22)31)29(33)21-15-27(36-4)30(38-6)28(16-21)37-5/h7-17H,1-6H3/b11-8+. The molecular formula is C30H29NO7. The van der Waals surface area contributed by atoms with Crippen molar-refractivity contribution in [1.29, 1.82) is 0 Å². The molecule has 4 rings (SSSR count). The summed E-state index contributed by atoms with van der Waals surface area (Å²) in [5.74, 6) is 1.84. The summed E-state index contributed by atoms with van der Waals surface area (Å²) in [4.78, 5) is 26.3. The molecule has 1 aromatic heterocycles. The number of hydrogen-bond acceptors (Lipinski definition) is 7. The number of nitrogens with zero attached hydrogens (tertiary/aromatic N) is 1. The number of carbonyl (C=O) groups excluding carboxylic acids is 2. The van der Waals surface area contributed by atoms with Crippen LogP contribution in [-0.2, 0) is 7.05 Å². The maximum atomic E-state index is 13.5. The normalized spacial score (nSPS) is 11.0. The topological polar surface area (TPSA) is 85.2 Å². The van der Waals surface area contributed by atoms with E-state index in [-0.39, 0.29) is 11.6 Å². The van der Waals surface area contributed by atoms with E-state index in [9.17, 15) is 9.59 Å². The Morgan fingerprint density at radius 3 is 1.89 bits per heavy atom. The number of methoxy groups -OCH3 is 5. The molecule has 0 N–H and O–H groups in total. The molecule has 0 amide bonds. The molecule has 0 radical (unpaired) electrons. The van der Waals surface area contributed by atoms with Crippen LogP contribution in [0.2, 0.25) is 0 Å². The van der Waals surface area contributed by atoms with Gasteiger partial charge in [-0.2, -0.15) is 0 Å². The van der Waals surface area contributed by atoms with Gasteiger partial charge in [0.1, 0.15) is 0 Å². The number of ketones is 2. The second kappa shape index (κ2) is 11.1. The Kier molecular flexibility index (Phi) is 7.71. The number of allylic oxidation sites excluding steroid dienone is 1. The van der Waals surface area contributed by atoms with Gasteiger partial charge in [-0.3, -0.25) is 9.59 Å². The molecule has 0 atom stereocenters. The van der Waals surface area contributed by atoms with Gasteiger partial charge in [0.25, 0.3) is 0 Å². The van der Waals surface area contributed by atoms with Crippen molar-refractivity contribution >= 4 is 28.5 Å². The third kappa shape index (κ3) is 4.93. The molecule has 0 saturated carbocycles. The van der Waals surface area contributed by atoms with Crippen molar-refractivity contribution in [1.82, 2.24) is 4.57 Å². The van der Waals surface area contributed by atoms with Gasteiger partial charge in [-0.1, -0.05) is 0 Å². The maximum absolute atomic E-state index is 13.5. The molecule has 0 spiro atoms. The first-order chi connectivity index (χ1) is 18.3. The molecule has 4 aromatic rings. The van der Waals surface area contributed by atoms with E-state index >= 15 is 0 Å². The monoisotopic (exact) mass is 515 g/mol. The predicted octanol–water partition coefficient (Wildman–Crippen LogP) is 5.35. The zero-order chi connectivity index (χ0) is 27.4. The van der Waals surface area contributed by atoms with Crippen molar-refractivity contribution < 1.29 is 33.3 Å². The highest BCUT2D eigenvalue weighted by Crippen LogP contribution is 2.39. The highest BCUT2D eigenvalue weighted by atomic mass is 16.5. The summed E-state index contributed by atoms with van der Waals surface area (Å²) in [5.41, 5.74) is 3.08. The highest BCUT2D eigenvalue weighted by molar-refractivity contribution is 6.12. The fourth-order valence-corrected chi connectivity index (χ4v) is 4.33. The first kappa shape index (κ1) is 26.3. The van der Waals surface area contributed by atoms with Gasteiger partial charge in [-0.05, 0) is 60.7 Å². The Morgan fingerprint density at radius 1 is 0.684 bits per heavy atom. The van der Waals surface area contributed by atoms with Crippen LogP contribution < -0.4 is 23.7 Å². The van der Waals surface area contributed by atoms with E-state index in [1.807, 2.05) is 29.9 Å². The fraction of sp³-hybridized carbons (Fsp3) is 0.200. The number of aryl methyl sites for hydroxylation is 1. The molecule has 8 nitrogen and oxygen atoms in total. The average molecular weight is 516 g/mol. The lowest BCUT2D eigenvalue weighted by Crippen LogP contribution is -2.04. The molecule has 0 bridgehead atoms. The molecular weight excluding hydrogens is 486 g/mol. The molecule has 0 aliphatic carbocycles. The van der Waals surface area contributed by atoms with Gasteiger partial charge in [-0.25, -0.2) is 0 Å². The van der Waals surface area contributed by atoms with Crippen molar-refractivity contribution in [3.63, 3.8) is 0 Å². The van der Waals surface area contributed by atoms with Crippen LogP contribution in [0.5, 0.6) is 28.7 Å². The molecule has 196 valence electrons. The molecule has 3 aromatic carbocycles. The lowest BCUT2D eigenvalue weighted by molar-refractivity contribution is 0.103. The van der Waals surface area contributed by atoms with Crippen molar-refractivity contribution in [3.8, 4) is 28.7 Å². The third-order valence-electron chi connectivity index (χ3n) is 6.29. The van der Waals surface area contributed by atoms with Crippen molar-refractivity contribution in [2.75, 3.05) is 35.5 Å². The quantitative estimate of drug-likeness (QED) is 0.208. The minimum atomic E-state index is -0.202. The van der Waals surface area contributed by atoms with Crippen LogP contribution in [0, 0.1) is 0 Å². The Hall–Kier alpha value is -4.72. The number of benzene rings is 3. The molecule has 0 saturated heterocycles. The van der Waals surface area contributed by atoms with E-state index in [1.165, 1.54) is 34.5 Å². The van der Waals surface area contributed by atoms with Crippen molar-refractivity contribution in [3.05, 3.63) is 83.1 Å².